The first-order chi connectivity index (χ1) is 16.3. The Kier molecular flexibility index (Phi) is 6.93. The highest BCUT2D eigenvalue weighted by atomic mass is 32.2. The van der Waals surface area contributed by atoms with Gasteiger partial charge in [-0.05, 0) is 32.0 Å². The molecule has 0 fully saturated rings. The smallest absolute Gasteiger partial charge is 0.342 e. The van der Waals surface area contributed by atoms with Crippen LogP contribution in [0.4, 0.5) is 22.3 Å². The Morgan fingerprint density at radius 2 is 2.03 bits per heavy atom. The van der Waals surface area contributed by atoms with Crippen LogP contribution < -0.4 is 16.4 Å². The quantitative estimate of drug-likeness (QED) is 0.236. The largest absolute Gasteiger partial charge is 0.462 e. The van der Waals surface area contributed by atoms with Gasteiger partial charge in [-0.15, -0.1) is 10.2 Å². The Morgan fingerprint density at radius 3 is 2.79 bits per heavy atom. The summed E-state index contributed by atoms with van der Waals surface area (Å²) in [5.74, 6) is 0.677. The summed E-state index contributed by atoms with van der Waals surface area (Å²) in [5, 5.41) is 15.2. The molecule has 4 N–H and O–H groups in total. The normalized spacial score (nSPS) is 10.9. The van der Waals surface area contributed by atoms with Gasteiger partial charge in [0.15, 0.2) is 4.34 Å². The summed E-state index contributed by atoms with van der Waals surface area (Å²) in [7, 11) is 0. The van der Waals surface area contributed by atoms with Crippen LogP contribution in [0.15, 0.2) is 33.0 Å². The molecule has 0 radical (unpaired) electrons. The molecular weight excluding hydrogens is 478 g/mol. The average Bonchev–Trinajstić information content (AvgIpc) is 3.35. The van der Waals surface area contributed by atoms with Gasteiger partial charge in [0.2, 0.25) is 16.8 Å². The predicted molar refractivity (Wildman–Crippen MR) is 130 cm³/mol. The molecule has 1 amide bonds. The summed E-state index contributed by atoms with van der Waals surface area (Å²) in [6, 6.07) is 7.29. The third kappa shape index (κ3) is 5.26. The minimum Gasteiger partial charge on any atom is -0.462 e. The molecule has 13 heteroatoms. The van der Waals surface area contributed by atoms with E-state index in [9.17, 15) is 9.59 Å². The number of nitrogens with two attached hydrogens (primary N) is 1. The molecule has 0 bridgehead atoms. The van der Waals surface area contributed by atoms with Gasteiger partial charge in [-0.2, -0.15) is 4.98 Å². The average molecular weight is 500 g/mol. The zero-order chi connectivity index (χ0) is 24.2. The summed E-state index contributed by atoms with van der Waals surface area (Å²) in [5.41, 5.74) is 8.05. The maximum atomic E-state index is 12.3. The fourth-order valence-electron chi connectivity index (χ4n) is 3.14. The molecule has 11 nitrogen and oxygen atoms in total. The first kappa shape index (κ1) is 23.4. The molecule has 0 spiro atoms. The molecule has 34 heavy (non-hydrogen) atoms. The number of aromatic nitrogens is 4. The van der Waals surface area contributed by atoms with Gasteiger partial charge in [-0.1, -0.05) is 29.2 Å². The molecule has 1 aromatic carbocycles. The number of nitrogens with one attached hydrogen (secondary N) is 2. The van der Waals surface area contributed by atoms with Crippen LogP contribution in [0.1, 0.15) is 35.8 Å². The number of thioether (sulfide) groups is 1. The Bertz CT molecular complexity index is 1370. The van der Waals surface area contributed by atoms with E-state index in [0.29, 0.717) is 37.9 Å². The van der Waals surface area contributed by atoms with Gasteiger partial charge in [-0.25, -0.2) is 9.78 Å². The second-order valence-corrected chi connectivity index (χ2v) is 9.21. The van der Waals surface area contributed by atoms with Crippen molar-refractivity contribution in [2.75, 3.05) is 23.0 Å². The third-order valence-electron chi connectivity index (χ3n) is 4.45. The molecule has 176 valence electrons. The minimum atomic E-state index is -0.521. The van der Waals surface area contributed by atoms with Crippen molar-refractivity contribution in [2.24, 2.45) is 0 Å². The molecule has 4 aromatic rings. The van der Waals surface area contributed by atoms with E-state index in [1.807, 2.05) is 12.1 Å². The van der Waals surface area contributed by atoms with Crippen molar-refractivity contribution in [3.05, 3.63) is 41.4 Å². The lowest BCUT2D eigenvalue weighted by Gasteiger charge is -2.05. The number of aryl methyl sites for hydroxylation is 1. The van der Waals surface area contributed by atoms with Crippen molar-refractivity contribution in [3.8, 4) is 0 Å². The van der Waals surface area contributed by atoms with Gasteiger partial charge < -0.3 is 25.5 Å². The number of amides is 1. The zero-order valence-electron chi connectivity index (χ0n) is 18.5. The minimum absolute atomic E-state index is 0.144. The van der Waals surface area contributed by atoms with Crippen LogP contribution in [-0.4, -0.2) is 38.6 Å². The van der Waals surface area contributed by atoms with E-state index < -0.39 is 5.97 Å². The lowest BCUT2D eigenvalue weighted by molar-refractivity contribution is -0.114. The van der Waals surface area contributed by atoms with Crippen molar-refractivity contribution in [3.63, 3.8) is 0 Å². The highest BCUT2D eigenvalue weighted by Crippen LogP contribution is 2.32. The van der Waals surface area contributed by atoms with Crippen LogP contribution >= 0.6 is 23.1 Å². The maximum absolute atomic E-state index is 12.3. The molecule has 0 aliphatic carbocycles. The number of hydrogen-bond donors (Lipinski definition) is 3. The van der Waals surface area contributed by atoms with Crippen molar-refractivity contribution in [2.45, 2.75) is 30.9 Å². The van der Waals surface area contributed by atoms with Crippen molar-refractivity contribution in [1.29, 1.82) is 0 Å². The second kappa shape index (κ2) is 10.1. The zero-order valence-corrected chi connectivity index (χ0v) is 20.2. The van der Waals surface area contributed by atoms with E-state index in [2.05, 4.69) is 30.8 Å². The van der Waals surface area contributed by atoms with Crippen molar-refractivity contribution >= 4 is 68.4 Å². The van der Waals surface area contributed by atoms with E-state index in [0.717, 1.165) is 5.69 Å². The van der Waals surface area contributed by atoms with Gasteiger partial charge in [0, 0.05) is 18.3 Å². The van der Waals surface area contributed by atoms with E-state index in [1.165, 1.54) is 30.0 Å². The number of ether oxygens (including phenoxy) is 1. The van der Waals surface area contributed by atoms with E-state index in [1.54, 1.807) is 26.0 Å². The second-order valence-electron chi connectivity index (χ2n) is 7.01. The molecule has 3 aromatic heterocycles. The van der Waals surface area contributed by atoms with Crippen LogP contribution in [0, 0.1) is 6.92 Å². The first-order valence-electron chi connectivity index (χ1n) is 10.2. The van der Waals surface area contributed by atoms with Crippen LogP contribution in [0.25, 0.3) is 11.1 Å². The number of rotatable bonds is 8. The molecule has 0 unspecified atom stereocenters. The number of carbonyl (C=O) groups is 2. The molecule has 0 aliphatic rings. The summed E-state index contributed by atoms with van der Waals surface area (Å²) >= 11 is 2.75. The standard InChI is InChI=1S/C21H21N7O4S2/c1-4-31-19(30)15-10(2)32-18-16(15)17(22)25-14(26-18)9-33-21-28-27-20(34-21)24-13-7-5-6-12(8-13)23-11(3)29/h5-8H,4,9H2,1-3H3,(H,23,29)(H,24,27)(H2,22,25,26). The first-order valence-corrected chi connectivity index (χ1v) is 12.0. The molecular formula is C21H21N7O4S2. The molecule has 3 heterocycles. The summed E-state index contributed by atoms with van der Waals surface area (Å²) < 4.78 is 11.4. The number of carbonyl (C=O) groups excluding carboxylic acids is 2. The number of esters is 1. The van der Waals surface area contributed by atoms with Gasteiger partial charge in [0.1, 0.15) is 23.0 Å². The number of anilines is 4. The summed E-state index contributed by atoms with van der Waals surface area (Å²) in [6.07, 6.45) is 0. The Morgan fingerprint density at radius 1 is 1.24 bits per heavy atom. The Labute approximate surface area is 202 Å². The molecule has 0 atom stereocenters. The van der Waals surface area contributed by atoms with Crippen molar-refractivity contribution in [1.82, 2.24) is 20.2 Å². The fraction of sp³-hybridized carbons (Fsp3) is 0.238. The van der Waals surface area contributed by atoms with E-state index >= 15 is 0 Å². The fourth-order valence-corrected chi connectivity index (χ4v) is 4.77. The number of fused-ring (bicyclic) bond motifs is 1. The maximum Gasteiger partial charge on any atom is 0.342 e. The predicted octanol–water partition coefficient (Wildman–Crippen LogP) is 4.14. The van der Waals surface area contributed by atoms with Crippen LogP contribution in [0.2, 0.25) is 0 Å². The number of furan rings is 1. The topological polar surface area (TPSA) is 158 Å². The Hall–Kier alpha value is -3.71. The molecule has 4 rings (SSSR count). The monoisotopic (exact) mass is 499 g/mol. The molecule has 0 saturated heterocycles. The van der Waals surface area contributed by atoms with Gasteiger partial charge in [-0.3, -0.25) is 4.79 Å². The lowest BCUT2D eigenvalue weighted by Crippen LogP contribution is -2.07. The van der Waals surface area contributed by atoms with Crippen LogP contribution in [0.3, 0.4) is 0 Å². The van der Waals surface area contributed by atoms with Crippen LogP contribution in [-0.2, 0) is 15.3 Å². The number of benzene rings is 1. The number of hydrogen-bond acceptors (Lipinski definition) is 12. The van der Waals surface area contributed by atoms with Gasteiger partial charge in [0.25, 0.3) is 0 Å². The SMILES string of the molecule is CCOC(=O)c1c(C)oc2nc(CSc3nnc(Nc4cccc(NC(C)=O)c4)s3)nc(N)c12. The van der Waals surface area contributed by atoms with Gasteiger partial charge in [0.05, 0.1) is 17.7 Å². The van der Waals surface area contributed by atoms with E-state index in [4.69, 9.17) is 14.9 Å². The van der Waals surface area contributed by atoms with E-state index in [-0.39, 0.29) is 29.6 Å². The summed E-state index contributed by atoms with van der Waals surface area (Å²) in [4.78, 5) is 32.2. The van der Waals surface area contributed by atoms with Crippen LogP contribution in [0.5, 0.6) is 0 Å². The highest BCUT2D eigenvalue weighted by molar-refractivity contribution is 8.00. The molecule has 0 aliphatic heterocycles. The molecule has 0 saturated carbocycles. The van der Waals surface area contributed by atoms with Crippen molar-refractivity contribution < 1.29 is 18.7 Å². The number of nitrogens with zero attached hydrogens (tertiary/aromatic N) is 4. The van der Waals surface area contributed by atoms with Gasteiger partial charge >= 0.3 is 5.97 Å². The third-order valence-corrected chi connectivity index (χ3v) is 6.41. The Balaban J connectivity index is 1.45. The lowest BCUT2D eigenvalue weighted by atomic mass is 10.2. The summed E-state index contributed by atoms with van der Waals surface area (Å²) in [6.45, 7) is 5.07. The highest BCUT2D eigenvalue weighted by Gasteiger charge is 2.24. The number of nitrogen functional groups attached to an aromatic ring is 1.